The lowest BCUT2D eigenvalue weighted by molar-refractivity contribution is 0.415. The number of ether oxygens (including phenoxy) is 1. The highest BCUT2D eigenvalue weighted by Crippen LogP contribution is 2.44. The van der Waals surface area contributed by atoms with Crippen molar-refractivity contribution in [3.05, 3.63) is 184 Å². The zero-order valence-corrected chi connectivity index (χ0v) is 45.6. The smallest absolute Gasteiger partial charge is 0.347 e. The van der Waals surface area contributed by atoms with Crippen LogP contribution in [0.4, 0.5) is 0 Å². The monoisotopic (exact) mass is 987 g/mol. The molecule has 0 atom stereocenters. The first-order valence-electron chi connectivity index (χ1n) is 26.1. The molecule has 11 rings (SSSR count). The fourth-order valence-electron chi connectivity index (χ4n) is 10.7. The van der Waals surface area contributed by atoms with Crippen molar-refractivity contribution in [1.82, 2.24) is 19.9 Å². The Balaban J connectivity index is 1.37. The van der Waals surface area contributed by atoms with E-state index in [9.17, 15) is 0 Å². The average molecular weight is 987 g/mol. The van der Waals surface area contributed by atoms with Crippen molar-refractivity contribution < 1.29 is 9.15 Å². The Labute approximate surface area is 439 Å². The second-order valence-electron chi connectivity index (χ2n) is 24.4. The van der Waals surface area contributed by atoms with Gasteiger partial charge in [-0.2, -0.15) is 0 Å². The molecular weight excluding hydrogens is 921 g/mol. The number of aromatic amines is 2. The van der Waals surface area contributed by atoms with E-state index in [0.717, 1.165) is 99.9 Å². The highest BCUT2D eigenvalue weighted by atomic mass is 16.5. The zero-order valence-electron chi connectivity index (χ0n) is 45.6. The number of hydrogen-bond acceptors (Lipinski definition) is 5. The van der Waals surface area contributed by atoms with Crippen LogP contribution in [-0.2, 0) is 21.7 Å². The molecule has 2 N–H and O–H groups in total. The first-order valence-corrected chi connectivity index (χ1v) is 26.1. The lowest BCUT2D eigenvalue weighted by atomic mass is 9.83. The summed E-state index contributed by atoms with van der Waals surface area (Å²) in [5, 5.41) is 3.05. The van der Waals surface area contributed by atoms with Gasteiger partial charge in [-0.1, -0.05) is 180 Å². The molecule has 1 aliphatic heterocycles. The minimum Gasteiger partial charge on any atom is -0.497 e. The number of H-pyrrole nitrogens is 2. The minimum atomic E-state index is -0.488. The van der Waals surface area contributed by atoms with Crippen LogP contribution in [0.2, 0.25) is 0 Å². The Morgan fingerprint density at radius 3 is 1.28 bits per heavy atom. The Kier molecular flexibility index (Phi) is 11.7. The molecule has 7 nitrogen and oxygen atoms in total. The molecule has 1 aliphatic rings. The number of rotatable bonds is 5. The third-order valence-electron chi connectivity index (χ3n) is 15.1. The Bertz CT molecular complexity index is 4100. The van der Waals surface area contributed by atoms with E-state index >= 15 is 4.79 Å². The van der Waals surface area contributed by atoms with Crippen molar-refractivity contribution in [3.8, 4) is 50.3 Å². The van der Waals surface area contributed by atoms with Gasteiger partial charge in [0.25, 0.3) is 0 Å². The molecule has 0 spiro atoms. The number of aromatic nitrogens is 4. The van der Waals surface area contributed by atoms with Gasteiger partial charge in [0, 0.05) is 38.6 Å². The summed E-state index contributed by atoms with van der Waals surface area (Å²) in [7, 11) is 1.66. The number of fused-ring (bicyclic) bond motifs is 10. The van der Waals surface area contributed by atoms with Gasteiger partial charge in [0.05, 0.1) is 40.5 Å². The summed E-state index contributed by atoms with van der Waals surface area (Å²) in [5.74, 6) is 0.717. The van der Waals surface area contributed by atoms with Crippen molar-refractivity contribution >= 4 is 67.0 Å². The third kappa shape index (κ3) is 8.92. The SMILES string of the molecule is COc1ccc(-c2c3cc(C(C)(C)C)ccc3c3c4ccc([nH]4)c(-c4ccc(C(C)(C)C)cc4)c4nc(c(-c5ccc(C(C)(C)C)cc5)c5ccc([nH]5)c(-c5ccc(C(C)(C)C)cc5)c5nc3c2c(=O)o5)C=C4)cc1. The van der Waals surface area contributed by atoms with Crippen LogP contribution in [0.15, 0.2) is 149 Å². The van der Waals surface area contributed by atoms with E-state index < -0.39 is 5.63 Å². The average Bonchev–Trinajstić information content (AvgIpc) is 4.17. The molecule has 5 heterocycles. The lowest BCUT2D eigenvalue weighted by Gasteiger charge is -2.21. The van der Waals surface area contributed by atoms with Crippen LogP contribution in [0.1, 0.15) is 117 Å². The Morgan fingerprint density at radius 2 is 0.813 bits per heavy atom. The molecule has 0 unspecified atom stereocenters. The molecule has 75 heavy (non-hydrogen) atoms. The van der Waals surface area contributed by atoms with E-state index in [1.54, 1.807) is 7.11 Å². The minimum absolute atomic E-state index is 0.0314. The molecule has 0 aliphatic carbocycles. The molecule has 0 amide bonds. The fraction of sp³-hybridized carbons (Fsp3) is 0.250. The molecule has 0 saturated carbocycles. The topological polar surface area (TPSA) is 96.8 Å². The molecule has 6 aromatic carbocycles. The van der Waals surface area contributed by atoms with Crippen molar-refractivity contribution in [3.63, 3.8) is 0 Å². The fourth-order valence-corrected chi connectivity index (χ4v) is 10.7. The summed E-state index contributed by atoms with van der Waals surface area (Å²) in [6.45, 7) is 26.7. The molecule has 4 aromatic heterocycles. The van der Waals surface area contributed by atoms with Crippen molar-refractivity contribution in [1.29, 1.82) is 0 Å². The summed E-state index contributed by atoms with van der Waals surface area (Å²) < 4.78 is 12.4. The zero-order chi connectivity index (χ0) is 52.9. The summed E-state index contributed by atoms with van der Waals surface area (Å²) in [5.41, 5.74) is 16.7. The number of hydrogen-bond donors (Lipinski definition) is 2. The van der Waals surface area contributed by atoms with E-state index in [-0.39, 0.29) is 27.4 Å². The van der Waals surface area contributed by atoms with Crippen LogP contribution in [-0.4, -0.2) is 27.0 Å². The van der Waals surface area contributed by atoms with Gasteiger partial charge < -0.3 is 19.1 Å². The van der Waals surface area contributed by atoms with Gasteiger partial charge in [0.2, 0.25) is 5.71 Å². The number of methoxy groups -OCH3 is 1. The van der Waals surface area contributed by atoms with E-state index in [0.29, 0.717) is 16.5 Å². The molecular formula is C68H66N4O3. The maximum absolute atomic E-state index is 15.6. The highest BCUT2D eigenvalue weighted by Gasteiger charge is 2.26. The Morgan fingerprint density at radius 1 is 0.413 bits per heavy atom. The van der Waals surface area contributed by atoms with Gasteiger partial charge in [-0.05, 0) is 132 Å². The Hall–Kier alpha value is -8.03. The maximum atomic E-state index is 15.6. The predicted octanol–water partition coefficient (Wildman–Crippen LogP) is 17.9. The molecule has 0 saturated heterocycles. The molecule has 7 heteroatoms. The molecule has 0 radical (unpaired) electrons. The largest absolute Gasteiger partial charge is 0.497 e. The van der Waals surface area contributed by atoms with Crippen LogP contribution in [0.25, 0.3) is 112 Å². The maximum Gasteiger partial charge on any atom is 0.347 e. The first-order chi connectivity index (χ1) is 35.5. The third-order valence-corrected chi connectivity index (χ3v) is 15.1. The first kappa shape index (κ1) is 49.2. The van der Waals surface area contributed by atoms with E-state index in [2.05, 4.69) is 220 Å². The van der Waals surface area contributed by atoms with Crippen LogP contribution >= 0.6 is 0 Å². The van der Waals surface area contributed by atoms with Gasteiger partial charge >= 0.3 is 5.63 Å². The summed E-state index contributed by atoms with van der Waals surface area (Å²) >= 11 is 0. The summed E-state index contributed by atoms with van der Waals surface area (Å²) in [6.07, 6.45) is 4.27. The van der Waals surface area contributed by atoms with Gasteiger partial charge in [-0.15, -0.1) is 0 Å². The van der Waals surface area contributed by atoms with Crippen LogP contribution in [0.3, 0.4) is 0 Å². The second kappa shape index (κ2) is 17.8. The standard InChI is InChI=1S/C68H66N4O3/c1-65(2,3)43-22-14-40(15-23-43)57-50-32-33-51(69-50)58(41-16-24-44(25-17-41)66(4,5)6)53-35-37-55(71-53)60-48-31-28-46(68(10,11)12)38-49(48)56(39-20-29-47(74-13)30-21-39)61-62(60)72-63(75-64(61)73)59(54-36-34-52(57)70-54)42-18-26-45(27-19-42)67(7,8)9/h14-38,70-71H,1-13H3. The van der Waals surface area contributed by atoms with Gasteiger partial charge in [0.1, 0.15) is 5.75 Å². The number of nitrogens with zero attached hydrogens (tertiary/aromatic N) is 2. The number of benzene rings is 6. The molecule has 0 fully saturated rings. The number of nitrogens with one attached hydrogen (secondary N) is 2. The van der Waals surface area contributed by atoms with Crippen molar-refractivity contribution in [2.24, 2.45) is 0 Å². The quantitative estimate of drug-likeness (QED) is 0.167. The van der Waals surface area contributed by atoms with E-state index in [1.165, 1.54) is 16.7 Å². The normalized spacial score (nSPS) is 12.9. The van der Waals surface area contributed by atoms with Crippen molar-refractivity contribution in [2.75, 3.05) is 7.11 Å². The molecule has 10 aromatic rings. The molecule has 376 valence electrons. The predicted molar refractivity (Wildman–Crippen MR) is 315 cm³/mol. The highest BCUT2D eigenvalue weighted by molar-refractivity contribution is 6.26. The second-order valence-corrected chi connectivity index (χ2v) is 24.4. The van der Waals surface area contributed by atoms with Gasteiger partial charge in [-0.25, -0.2) is 14.8 Å². The van der Waals surface area contributed by atoms with Crippen LogP contribution in [0.5, 0.6) is 5.75 Å². The summed E-state index contributed by atoms with van der Waals surface area (Å²) in [6, 6.07) is 49.3. The van der Waals surface area contributed by atoms with Crippen LogP contribution < -0.4 is 10.4 Å². The van der Waals surface area contributed by atoms with E-state index in [1.807, 2.05) is 24.3 Å². The lowest BCUT2D eigenvalue weighted by Crippen LogP contribution is -2.11. The summed E-state index contributed by atoms with van der Waals surface area (Å²) in [4.78, 5) is 34.6. The van der Waals surface area contributed by atoms with Crippen molar-refractivity contribution in [2.45, 2.75) is 105 Å². The van der Waals surface area contributed by atoms with Crippen LogP contribution in [0, 0.1) is 0 Å². The van der Waals surface area contributed by atoms with Gasteiger partial charge in [0.15, 0.2) is 0 Å². The van der Waals surface area contributed by atoms with E-state index in [4.69, 9.17) is 19.1 Å². The van der Waals surface area contributed by atoms with Gasteiger partial charge in [-0.3, -0.25) is 0 Å². The molecule has 8 bridgehead atoms.